The van der Waals surface area contributed by atoms with E-state index in [0.29, 0.717) is 5.56 Å². The van der Waals surface area contributed by atoms with Crippen molar-refractivity contribution in [3.05, 3.63) is 35.9 Å². The molecule has 7 nitrogen and oxygen atoms in total. The minimum atomic E-state index is -3.37. The lowest BCUT2D eigenvalue weighted by Crippen LogP contribution is -2.46. The average Bonchev–Trinajstić information content (AvgIpc) is 2.48. The Morgan fingerprint density at radius 1 is 1.27 bits per heavy atom. The summed E-state index contributed by atoms with van der Waals surface area (Å²) in [5.74, 6) is -0.754. The van der Waals surface area contributed by atoms with Gasteiger partial charge in [0.15, 0.2) is 0 Å². The maximum atomic E-state index is 12.4. The molecule has 4 N–H and O–H groups in total. The van der Waals surface area contributed by atoms with Crippen molar-refractivity contribution in [2.75, 3.05) is 19.5 Å². The number of nitrogens with two attached hydrogens (primary N) is 1. The van der Waals surface area contributed by atoms with Gasteiger partial charge in [0, 0.05) is 0 Å². The number of nitrogens with one attached hydrogen (secondary N) is 1. The van der Waals surface area contributed by atoms with Crippen LogP contribution < -0.4 is 11.1 Å². The SMILES string of the molecule is CCOP(=O)(CN[C@H](C(N)=O)C(O)c1ccccc1)OCC. The fraction of sp³-hybridized carbons (Fsp3) is 0.500. The summed E-state index contributed by atoms with van der Waals surface area (Å²) >= 11 is 0. The summed E-state index contributed by atoms with van der Waals surface area (Å²) in [6.07, 6.45) is -1.37. The van der Waals surface area contributed by atoms with Gasteiger partial charge >= 0.3 is 7.60 Å². The van der Waals surface area contributed by atoms with E-state index in [1.54, 1.807) is 44.2 Å². The molecule has 0 aliphatic rings. The highest BCUT2D eigenvalue weighted by Gasteiger charge is 2.30. The maximum Gasteiger partial charge on any atom is 0.344 e. The van der Waals surface area contributed by atoms with Gasteiger partial charge in [-0.1, -0.05) is 30.3 Å². The van der Waals surface area contributed by atoms with Crippen molar-refractivity contribution in [3.63, 3.8) is 0 Å². The normalized spacial score (nSPS) is 14.5. The van der Waals surface area contributed by atoms with Crippen LogP contribution in [0.3, 0.4) is 0 Å². The Morgan fingerprint density at radius 3 is 2.27 bits per heavy atom. The standard InChI is InChI=1S/C14H23N2O5P/c1-3-20-22(19,21-4-2)10-16-12(14(15)18)13(17)11-8-6-5-7-9-11/h5-9,12-13,16-17H,3-4,10H2,1-2H3,(H2,15,18)/t12-,13?/m0/s1. The summed E-state index contributed by atoms with van der Waals surface area (Å²) < 4.78 is 22.6. The van der Waals surface area contributed by atoms with Crippen molar-refractivity contribution in [1.82, 2.24) is 5.32 Å². The van der Waals surface area contributed by atoms with Gasteiger partial charge in [-0.05, 0) is 19.4 Å². The molecule has 1 aromatic carbocycles. The number of hydrogen-bond donors (Lipinski definition) is 3. The lowest BCUT2D eigenvalue weighted by Gasteiger charge is -2.24. The van der Waals surface area contributed by atoms with E-state index in [4.69, 9.17) is 14.8 Å². The molecule has 0 radical (unpaired) electrons. The van der Waals surface area contributed by atoms with E-state index in [9.17, 15) is 14.5 Å². The van der Waals surface area contributed by atoms with Gasteiger partial charge in [0.25, 0.3) is 0 Å². The summed E-state index contributed by atoms with van der Waals surface area (Å²) in [5, 5.41) is 13.0. The first-order chi connectivity index (χ1) is 10.4. The summed E-state index contributed by atoms with van der Waals surface area (Å²) in [6.45, 7) is 3.80. The highest BCUT2D eigenvalue weighted by Crippen LogP contribution is 2.46. The van der Waals surface area contributed by atoms with Crippen LogP contribution in [0.1, 0.15) is 25.5 Å². The van der Waals surface area contributed by atoms with Gasteiger partial charge in [0.1, 0.15) is 12.1 Å². The molecule has 0 spiro atoms. The van der Waals surface area contributed by atoms with Crippen LogP contribution in [-0.2, 0) is 18.4 Å². The number of aliphatic hydroxyl groups is 1. The smallest absolute Gasteiger partial charge is 0.344 e. The first-order valence-corrected chi connectivity index (χ1v) is 8.80. The monoisotopic (exact) mass is 330 g/mol. The minimum Gasteiger partial charge on any atom is -0.386 e. The van der Waals surface area contributed by atoms with Crippen molar-refractivity contribution in [3.8, 4) is 0 Å². The number of amides is 1. The zero-order valence-electron chi connectivity index (χ0n) is 12.8. The summed E-state index contributed by atoms with van der Waals surface area (Å²) in [7, 11) is -3.37. The number of rotatable bonds is 10. The quantitative estimate of drug-likeness (QED) is 0.559. The molecule has 0 saturated heterocycles. The predicted octanol–water partition coefficient (Wildman–Crippen LogP) is 1.39. The molecule has 0 heterocycles. The second-order valence-electron chi connectivity index (χ2n) is 4.54. The molecule has 0 saturated carbocycles. The van der Waals surface area contributed by atoms with Gasteiger partial charge in [-0.2, -0.15) is 0 Å². The third kappa shape index (κ3) is 5.51. The number of carbonyl (C=O) groups is 1. The molecule has 0 fully saturated rings. The highest BCUT2D eigenvalue weighted by atomic mass is 31.2. The summed E-state index contributed by atoms with van der Waals surface area (Å²) in [6, 6.07) is 7.52. The van der Waals surface area contributed by atoms with Crippen LogP contribution in [0.4, 0.5) is 0 Å². The molecule has 8 heteroatoms. The average molecular weight is 330 g/mol. The molecule has 2 atom stereocenters. The van der Waals surface area contributed by atoms with Crippen molar-refractivity contribution in [2.24, 2.45) is 5.73 Å². The zero-order valence-corrected chi connectivity index (χ0v) is 13.7. The Hall–Kier alpha value is -1.24. The second-order valence-corrected chi connectivity index (χ2v) is 6.60. The molecule has 1 aromatic rings. The van der Waals surface area contributed by atoms with Gasteiger partial charge in [0.05, 0.1) is 19.5 Å². The van der Waals surface area contributed by atoms with Gasteiger partial charge < -0.3 is 19.9 Å². The van der Waals surface area contributed by atoms with Crippen molar-refractivity contribution in [1.29, 1.82) is 0 Å². The van der Waals surface area contributed by atoms with E-state index in [0.717, 1.165) is 0 Å². The Labute approximate surface area is 130 Å². The number of hydrogen-bond acceptors (Lipinski definition) is 6. The van der Waals surface area contributed by atoms with E-state index in [2.05, 4.69) is 5.32 Å². The third-order valence-electron chi connectivity index (χ3n) is 2.92. The van der Waals surface area contributed by atoms with E-state index in [1.165, 1.54) is 0 Å². The zero-order chi connectivity index (χ0) is 16.6. The topological polar surface area (TPSA) is 111 Å². The van der Waals surface area contributed by atoms with Gasteiger partial charge in [0.2, 0.25) is 5.91 Å². The van der Waals surface area contributed by atoms with Crippen molar-refractivity contribution >= 4 is 13.5 Å². The van der Waals surface area contributed by atoms with Gasteiger partial charge in [-0.25, -0.2) is 0 Å². The van der Waals surface area contributed by atoms with Crippen LogP contribution in [0, 0.1) is 0 Å². The number of primary amides is 1. The van der Waals surface area contributed by atoms with Gasteiger partial charge in [-0.3, -0.25) is 14.7 Å². The molecule has 1 rings (SSSR count). The molecule has 0 aromatic heterocycles. The third-order valence-corrected chi connectivity index (χ3v) is 4.79. The molecule has 0 aliphatic carbocycles. The number of benzene rings is 1. The van der Waals surface area contributed by atoms with E-state index < -0.39 is 25.6 Å². The highest BCUT2D eigenvalue weighted by molar-refractivity contribution is 7.53. The largest absolute Gasteiger partial charge is 0.386 e. The summed E-state index contributed by atoms with van der Waals surface area (Å²) in [5.41, 5.74) is 5.85. The van der Waals surface area contributed by atoms with Crippen LogP contribution in [0.2, 0.25) is 0 Å². The molecular formula is C14H23N2O5P. The Kier molecular flexibility index (Phi) is 7.72. The maximum absolute atomic E-state index is 12.4. The van der Waals surface area contributed by atoms with Crippen LogP contribution in [0.5, 0.6) is 0 Å². The summed E-state index contributed by atoms with van der Waals surface area (Å²) in [4.78, 5) is 11.6. The molecule has 22 heavy (non-hydrogen) atoms. The lowest BCUT2D eigenvalue weighted by molar-refractivity contribution is -0.122. The molecule has 1 amide bonds. The van der Waals surface area contributed by atoms with Gasteiger partial charge in [-0.15, -0.1) is 0 Å². The molecular weight excluding hydrogens is 307 g/mol. The first-order valence-electron chi connectivity index (χ1n) is 7.07. The minimum absolute atomic E-state index is 0.210. The van der Waals surface area contributed by atoms with E-state index >= 15 is 0 Å². The van der Waals surface area contributed by atoms with Crippen LogP contribution >= 0.6 is 7.60 Å². The Balaban J connectivity index is 2.80. The van der Waals surface area contributed by atoms with Crippen LogP contribution in [-0.4, -0.2) is 36.6 Å². The molecule has 1 unspecified atom stereocenters. The molecule has 124 valence electrons. The molecule has 0 bridgehead atoms. The van der Waals surface area contributed by atoms with E-state index in [1.807, 2.05) is 0 Å². The Morgan fingerprint density at radius 2 is 1.82 bits per heavy atom. The van der Waals surface area contributed by atoms with E-state index in [-0.39, 0.29) is 19.5 Å². The van der Waals surface area contributed by atoms with Crippen LogP contribution in [0.15, 0.2) is 30.3 Å². The Bertz CT molecular complexity index is 501. The van der Waals surface area contributed by atoms with Crippen molar-refractivity contribution in [2.45, 2.75) is 26.0 Å². The van der Waals surface area contributed by atoms with Crippen LogP contribution in [0.25, 0.3) is 0 Å². The lowest BCUT2D eigenvalue weighted by atomic mass is 10.0. The number of aliphatic hydroxyl groups excluding tert-OH is 1. The fourth-order valence-corrected chi connectivity index (χ4v) is 3.41. The second kappa shape index (κ2) is 9.02. The molecule has 0 aliphatic heterocycles. The van der Waals surface area contributed by atoms with Crippen molar-refractivity contribution < 1.29 is 23.5 Å². The fourth-order valence-electron chi connectivity index (χ4n) is 1.94. The first kappa shape index (κ1) is 18.8. The number of carbonyl (C=O) groups excluding carboxylic acids is 1. The predicted molar refractivity (Wildman–Crippen MR) is 83.2 cm³/mol.